The fourth-order valence-electron chi connectivity index (χ4n) is 3.67. The minimum atomic E-state index is -4.52. The van der Waals surface area contributed by atoms with Crippen LogP contribution in [0.2, 0.25) is 0 Å². The van der Waals surface area contributed by atoms with Gasteiger partial charge in [0, 0.05) is 18.7 Å². The number of aromatic nitrogens is 4. The van der Waals surface area contributed by atoms with Gasteiger partial charge in [0.15, 0.2) is 0 Å². The van der Waals surface area contributed by atoms with Gasteiger partial charge in [-0.1, -0.05) is 19.1 Å². The third-order valence-electron chi connectivity index (χ3n) is 5.73. The second-order valence-electron chi connectivity index (χ2n) is 8.15. The number of benzene rings is 2. The van der Waals surface area contributed by atoms with Gasteiger partial charge in [0.2, 0.25) is 5.78 Å². The minimum absolute atomic E-state index is 0.00830. The van der Waals surface area contributed by atoms with E-state index in [1.54, 1.807) is 0 Å². The molecule has 0 aliphatic rings. The van der Waals surface area contributed by atoms with E-state index >= 15 is 0 Å². The molecule has 1 unspecified atom stereocenters. The lowest BCUT2D eigenvalue weighted by molar-refractivity contribution is -0.137. The van der Waals surface area contributed by atoms with Gasteiger partial charge in [-0.3, -0.25) is 14.2 Å². The summed E-state index contributed by atoms with van der Waals surface area (Å²) in [6, 6.07) is 8.96. The summed E-state index contributed by atoms with van der Waals surface area (Å²) in [5.41, 5.74) is -1.23. The van der Waals surface area contributed by atoms with E-state index in [0.717, 1.165) is 23.2 Å². The maximum Gasteiger partial charge on any atom is 0.416 e. The number of hydrogen-bond acceptors (Lipinski definition) is 4. The van der Waals surface area contributed by atoms with Gasteiger partial charge in [0.05, 0.1) is 23.0 Å². The molecule has 4 rings (SSSR count). The monoisotopic (exact) mass is 473 g/mol. The predicted molar refractivity (Wildman–Crippen MR) is 120 cm³/mol. The lowest BCUT2D eigenvalue weighted by Crippen LogP contribution is -2.32. The lowest BCUT2D eigenvalue weighted by Gasteiger charge is -2.12. The summed E-state index contributed by atoms with van der Waals surface area (Å²) in [7, 11) is 1.45. The molecule has 1 atom stereocenters. The van der Waals surface area contributed by atoms with E-state index in [1.165, 1.54) is 46.3 Å². The van der Waals surface area contributed by atoms with E-state index in [9.17, 15) is 27.6 Å². The zero-order valence-electron chi connectivity index (χ0n) is 18.7. The number of hydrogen-bond donors (Lipinski definition) is 1. The maximum atomic E-state index is 13.2. The molecule has 4 aromatic rings. The van der Waals surface area contributed by atoms with Crippen molar-refractivity contribution in [1.29, 1.82) is 0 Å². The second kappa shape index (κ2) is 8.47. The van der Waals surface area contributed by atoms with Crippen LogP contribution in [0.1, 0.15) is 41.8 Å². The molecule has 178 valence electrons. The molecule has 2 heterocycles. The van der Waals surface area contributed by atoms with Crippen LogP contribution in [0.3, 0.4) is 0 Å². The smallest absolute Gasteiger partial charge is 0.350 e. The third kappa shape index (κ3) is 4.09. The normalized spacial score (nSPS) is 12.9. The van der Waals surface area contributed by atoms with Crippen LogP contribution in [0.5, 0.6) is 0 Å². The number of carbonyl (C=O) groups is 1. The molecule has 0 saturated carbocycles. The number of aryl methyl sites for hydroxylation is 1. The molecule has 0 aliphatic heterocycles. The van der Waals surface area contributed by atoms with Crippen LogP contribution >= 0.6 is 0 Å². The summed E-state index contributed by atoms with van der Waals surface area (Å²) >= 11 is 0. The van der Waals surface area contributed by atoms with Gasteiger partial charge in [-0.05, 0) is 49.2 Å². The molecule has 2 aromatic carbocycles. The van der Waals surface area contributed by atoms with Gasteiger partial charge in [0.1, 0.15) is 0 Å². The fraction of sp³-hybridized carbons (Fsp3) is 0.304. The molecule has 0 saturated heterocycles. The third-order valence-corrected chi connectivity index (χ3v) is 5.73. The number of carbonyl (C=O) groups excluding carboxylic acids is 1. The summed E-state index contributed by atoms with van der Waals surface area (Å²) in [6.07, 6.45) is -3.79. The van der Waals surface area contributed by atoms with Crippen LogP contribution < -0.4 is 16.6 Å². The SMILES string of the molecule is CCC(C)NC(=O)c1ccc2c(=O)n(C)c3nn(Cc4cccc(C(F)(F)F)c4)c(=O)n3c2c1. The van der Waals surface area contributed by atoms with Crippen molar-refractivity contribution in [1.82, 2.24) is 24.1 Å². The highest BCUT2D eigenvalue weighted by Crippen LogP contribution is 2.29. The van der Waals surface area contributed by atoms with Crippen molar-refractivity contribution in [2.75, 3.05) is 0 Å². The van der Waals surface area contributed by atoms with Gasteiger partial charge in [-0.2, -0.15) is 13.2 Å². The summed E-state index contributed by atoms with van der Waals surface area (Å²) < 4.78 is 42.6. The first-order valence-electron chi connectivity index (χ1n) is 10.6. The molecular weight excluding hydrogens is 451 g/mol. The topological polar surface area (TPSA) is 90.4 Å². The van der Waals surface area contributed by atoms with E-state index < -0.39 is 23.0 Å². The molecule has 0 fully saturated rings. The Bertz CT molecular complexity index is 1530. The quantitative estimate of drug-likeness (QED) is 0.483. The standard InChI is InChI=1S/C23H22F3N5O3/c1-4-13(2)27-19(32)15-8-9-17-18(11-15)31-21(29(3)20(17)33)28-30(22(31)34)12-14-6-5-7-16(10-14)23(24,25)26/h5-11,13H,4,12H2,1-3H3,(H,27,32). The van der Waals surface area contributed by atoms with Gasteiger partial charge < -0.3 is 5.32 Å². The highest BCUT2D eigenvalue weighted by molar-refractivity contribution is 5.98. The summed E-state index contributed by atoms with van der Waals surface area (Å²) in [5, 5.41) is 7.23. The van der Waals surface area contributed by atoms with Crippen molar-refractivity contribution >= 4 is 22.6 Å². The number of amides is 1. The molecule has 0 spiro atoms. The van der Waals surface area contributed by atoms with Gasteiger partial charge in [-0.25, -0.2) is 13.9 Å². The summed E-state index contributed by atoms with van der Waals surface area (Å²) in [6.45, 7) is 3.56. The highest BCUT2D eigenvalue weighted by Gasteiger charge is 2.30. The Morgan fingerprint density at radius 1 is 1.15 bits per heavy atom. The average Bonchev–Trinajstić information content (AvgIpc) is 3.12. The maximum absolute atomic E-state index is 13.2. The van der Waals surface area contributed by atoms with E-state index in [2.05, 4.69) is 10.4 Å². The largest absolute Gasteiger partial charge is 0.416 e. The van der Waals surface area contributed by atoms with Crippen LogP contribution in [0.4, 0.5) is 13.2 Å². The van der Waals surface area contributed by atoms with Crippen molar-refractivity contribution in [2.45, 2.75) is 39.0 Å². The fourth-order valence-corrected chi connectivity index (χ4v) is 3.67. The first-order valence-corrected chi connectivity index (χ1v) is 10.6. The van der Waals surface area contributed by atoms with Crippen molar-refractivity contribution in [2.24, 2.45) is 7.05 Å². The van der Waals surface area contributed by atoms with Crippen LogP contribution in [-0.4, -0.2) is 30.7 Å². The zero-order chi connectivity index (χ0) is 24.8. The van der Waals surface area contributed by atoms with Gasteiger partial charge in [0.25, 0.3) is 11.5 Å². The first-order chi connectivity index (χ1) is 16.0. The minimum Gasteiger partial charge on any atom is -0.350 e. The number of halogens is 3. The number of nitrogens with zero attached hydrogens (tertiary/aromatic N) is 4. The van der Waals surface area contributed by atoms with E-state index in [-0.39, 0.29) is 46.3 Å². The molecule has 8 nitrogen and oxygen atoms in total. The number of nitrogens with one attached hydrogen (secondary N) is 1. The van der Waals surface area contributed by atoms with Crippen LogP contribution in [-0.2, 0) is 19.8 Å². The Morgan fingerprint density at radius 3 is 2.56 bits per heavy atom. The first kappa shape index (κ1) is 23.3. The molecule has 0 radical (unpaired) electrons. The molecular formula is C23H22F3N5O3. The molecule has 34 heavy (non-hydrogen) atoms. The average molecular weight is 473 g/mol. The molecule has 1 amide bonds. The summed E-state index contributed by atoms with van der Waals surface area (Å²) in [4.78, 5) is 38.7. The Kier molecular flexibility index (Phi) is 5.80. The van der Waals surface area contributed by atoms with Crippen molar-refractivity contribution in [3.8, 4) is 0 Å². The molecule has 2 aromatic heterocycles. The van der Waals surface area contributed by atoms with Crippen molar-refractivity contribution in [3.63, 3.8) is 0 Å². The zero-order valence-corrected chi connectivity index (χ0v) is 18.7. The van der Waals surface area contributed by atoms with E-state index in [4.69, 9.17) is 0 Å². The highest BCUT2D eigenvalue weighted by atomic mass is 19.4. The number of rotatable bonds is 5. The summed E-state index contributed by atoms with van der Waals surface area (Å²) in [5.74, 6) is -0.344. The molecule has 1 N–H and O–H groups in total. The number of fused-ring (bicyclic) bond motifs is 3. The van der Waals surface area contributed by atoms with E-state index in [0.29, 0.717) is 0 Å². The second-order valence-corrected chi connectivity index (χ2v) is 8.15. The molecule has 0 aliphatic carbocycles. The Hall–Kier alpha value is -3.89. The lowest BCUT2D eigenvalue weighted by atomic mass is 10.1. The predicted octanol–water partition coefficient (Wildman–Crippen LogP) is 2.94. The van der Waals surface area contributed by atoms with Crippen LogP contribution in [0.15, 0.2) is 52.1 Å². The Balaban J connectivity index is 1.87. The van der Waals surface area contributed by atoms with E-state index in [1.807, 2.05) is 13.8 Å². The van der Waals surface area contributed by atoms with Crippen molar-refractivity contribution in [3.05, 3.63) is 80.0 Å². The Labute approximate surface area is 191 Å². The van der Waals surface area contributed by atoms with Crippen LogP contribution in [0.25, 0.3) is 16.7 Å². The van der Waals surface area contributed by atoms with Crippen molar-refractivity contribution < 1.29 is 18.0 Å². The molecule has 11 heteroatoms. The molecule has 0 bridgehead atoms. The van der Waals surface area contributed by atoms with Gasteiger partial charge in [-0.15, -0.1) is 5.10 Å². The van der Waals surface area contributed by atoms with Gasteiger partial charge >= 0.3 is 11.9 Å². The van der Waals surface area contributed by atoms with Crippen LogP contribution in [0, 0.1) is 0 Å². The number of alkyl halides is 3. The Morgan fingerprint density at radius 2 is 1.88 bits per heavy atom.